The van der Waals surface area contributed by atoms with Crippen molar-refractivity contribution in [3.8, 4) is 0 Å². The van der Waals surface area contributed by atoms with Gasteiger partial charge in [-0.1, -0.05) is 51.4 Å². The Morgan fingerprint density at radius 1 is 0.455 bits per heavy atom. The second-order valence-corrected chi connectivity index (χ2v) is 6.18. The smallest absolute Gasteiger partial charge is 0.305 e. The molecule has 0 unspecified atom stereocenters. The summed E-state index contributed by atoms with van der Waals surface area (Å²) in [5.41, 5.74) is 0. The van der Waals surface area contributed by atoms with E-state index >= 15 is 0 Å². The van der Waals surface area contributed by atoms with Crippen molar-refractivity contribution in [2.45, 2.75) is 89.9 Å². The van der Waals surface area contributed by atoms with E-state index in [4.69, 9.17) is 9.47 Å². The number of cyclic esters (lactones) is 2. The van der Waals surface area contributed by atoms with Crippen LogP contribution in [0.1, 0.15) is 89.9 Å². The van der Waals surface area contributed by atoms with Gasteiger partial charge in [0.2, 0.25) is 0 Å². The second-order valence-electron chi connectivity index (χ2n) is 6.18. The Balaban J connectivity index is 2.18. The summed E-state index contributed by atoms with van der Waals surface area (Å²) in [5, 5.41) is 0. The van der Waals surface area contributed by atoms with Crippen LogP contribution in [0, 0.1) is 0 Å². The van der Waals surface area contributed by atoms with Crippen molar-refractivity contribution >= 4 is 11.9 Å². The third-order valence-corrected chi connectivity index (χ3v) is 4.08. The molecule has 128 valence electrons. The lowest BCUT2D eigenvalue weighted by Crippen LogP contribution is -2.08. The van der Waals surface area contributed by atoms with Crippen molar-refractivity contribution in [1.82, 2.24) is 0 Å². The zero-order chi connectivity index (χ0) is 15.9. The largest absolute Gasteiger partial charge is 0.466 e. The summed E-state index contributed by atoms with van der Waals surface area (Å²) >= 11 is 0. The van der Waals surface area contributed by atoms with E-state index in [0.717, 1.165) is 38.5 Å². The molecule has 0 saturated carbocycles. The lowest BCUT2D eigenvalue weighted by atomic mass is 10.1. The molecule has 0 radical (unpaired) electrons. The average molecular weight is 312 g/mol. The van der Waals surface area contributed by atoms with Crippen molar-refractivity contribution in [1.29, 1.82) is 0 Å². The second kappa shape index (κ2) is 13.6. The van der Waals surface area contributed by atoms with Crippen LogP contribution in [0.2, 0.25) is 0 Å². The third-order valence-electron chi connectivity index (χ3n) is 4.08. The van der Waals surface area contributed by atoms with Crippen LogP contribution in [-0.4, -0.2) is 25.2 Å². The number of hydrogen-bond acceptors (Lipinski definition) is 4. The van der Waals surface area contributed by atoms with E-state index in [1.54, 1.807) is 0 Å². The van der Waals surface area contributed by atoms with Gasteiger partial charge < -0.3 is 9.47 Å². The molecule has 4 heteroatoms. The molecule has 0 amide bonds. The fourth-order valence-electron chi connectivity index (χ4n) is 2.67. The summed E-state index contributed by atoms with van der Waals surface area (Å²) in [6.45, 7) is 0.882. The van der Waals surface area contributed by atoms with Crippen LogP contribution in [-0.2, 0) is 19.1 Å². The maximum absolute atomic E-state index is 11.5. The highest BCUT2D eigenvalue weighted by molar-refractivity contribution is 5.69. The van der Waals surface area contributed by atoms with Crippen LogP contribution >= 0.6 is 0 Å². The van der Waals surface area contributed by atoms with E-state index in [0.29, 0.717) is 26.1 Å². The standard InChI is InChI=1S/C18H32O4/c19-17-13-9-7-5-3-1-2-4-6-8-10-14-18(20)22-16-12-11-15-21-17/h1-16H2. The Labute approximate surface area is 134 Å². The molecular formula is C18H32O4. The lowest BCUT2D eigenvalue weighted by molar-refractivity contribution is -0.146. The first kappa shape index (κ1) is 19.0. The number of hydrogen-bond donors (Lipinski definition) is 0. The van der Waals surface area contributed by atoms with Gasteiger partial charge in [0.1, 0.15) is 0 Å². The molecule has 0 N–H and O–H groups in total. The Hall–Kier alpha value is -1.06. The van der Waals surface area contributed by atoms with Crippen LogP contribution in [0.4, 0.5) is 0 Å². The third kappa shape index (κ3) is 11.6. The molecule has 1 saturated heterocycles. The van der Waals surface area contributed by atoms with Crippen molar-refractivity contribution in [2.75, 3.05) is 13.2 Å². The quantitative estimate of drug-likeness (QED) is 0.616. The normalized spacial score (nSPS) is 22.4. The minimum atomic E-state index is -0.0913. The molecule has 0 aromatic rings. The first-order valence-corrected chi connectivity index (χ1v) is 9.10. The first-order chi connectivity index (χ1) is 10.8. The Morgan fingerprint density at radius 3 is 1.14 bits per heavy atom. The maximum Gasteiger partial charge on any atom is 0.305 e. The Kier molecular flexibility index (Phi) is 11.7. The number of carbonyl (C=O) groups is 2. The zero-order valence-electron chi connectivity index (χ0n) is 13.9. The molecule has 22 heavy (non-hydrogen) atoms. The van der Waals surface area contributed by atoms with Crippen molar-refractivity contribution < 1.29 is 19.1 Å². The van der Waals surface area contributed by atoms with E-state index in [1.807, 2.05) is 0 Å². The summed E-state index contributed by atoms with van der Waals surface area (Å²) in [6.07, 6.45) is 14.3. The van der Waals surface area contributed by atoms with Gasteiger partial charge in [0, 0.05) is 12.8 Å². The Bertz CT molecular complexity index is 271. The summed E-state index contributed by atoms with van der Waals surface area (Å²) in [6, 6.07) is 0. The summed E-state index contributed by atoms with van der Waals surface area (Å²) < 4.78 is 10.3. The molecule has 0 aliphatic carbocycles. The summed E-state index contributed by atoms with van der Waals surface area (Å²) in [7, 11) is 0. The predicted octanol–water partition coefficient (Wildman–Crippen LogP) is 4.55. The maximum atomic E-state index is 11.5. The van der Waals surface area contributed by atoms with Crippen LogP contribution in [0.3, 0.4) is 0 Å². The number of rotatable bonds is 0. The van der Waals surface area contributed by atoms with Gasteiger partial charge in [0.05, 0.1) is 13.2 Å². The van der Waals surface area contributed by atoms with Gasteiger partial charge in [-0.05, 0) is 25.7 Å². The minimum absolute atomic E-state index is 0.0913. The number of esters is 2. The highest BCUT2D eigenvalue weighted by atomic mass is 16.5. The molecule has 0 atom stereocenters. The molecule has 1 aliphatic rings. The van der Waals surface area contributed by atoms with E-state index in [-0.39, 0.29) is 11.9 Å². The molecule has 0 spiro atoms. The molecule has 1 heterocycles. The van der Waals surface area contributed by atoms with E-state index in [2.05, 4.69) is 0 Å². The van der Waals surface area contributed by atoms with E-state index < -0.39 is 0 Å². The number of ether oxygens (including phenoxy) is 2. The van der Waals surface area contributed by atoms with Gasteiger partial charge in [-0.3, -0.25) is 9.59 Å². The van der Waals surface area contributed by atoms with E-state index in [9.17, 15) is 9.59 Å². The SMILES string of the molecule is O=C1CCCCCCCCCCCCC(=O)OCCCCO1. The van der Waals surface area contributed by atoms with Crippen LogP contribution in [0.15, 0.2) is 0 Å². The van der Waals surface area contributed by atoms with E-state index in [1.165, 1.54) is 38.5 Å². The van der Waals surface area contributed by atoms with Crippen LogP contribution in [0.25, 0.3) is 0 Å². The van der Waals surface area contributed by atoms with Gasteiger partial charge >= 0.3 is 11.9 Å². The van der Waals surface area contributed by atoms with Crippen LogP contribution < -0.4 is 0 Å². The number of carbonyl (C=O) groups excluding carboxylic acids is 2. The zero-order valence-corrected chi connectivity index (χ0v) is 13.9. The lowest BCUT2D eigenvalue weighted by Gasteiger charge is -2.07. The molecule has 1 aliphatic heterocycles. The predicted molar refractivity (Wildman–Crippen MR) is 86.6 cm³/mol. The molecule has 1 rings (SSSR count). The highest BCUT2D eigenvalue weighted by Gasteiger charge is 2.05. The summed E-state index contributed by atoms with van der Waals surface area (Å²) in [5.74, 6) is -0.183. The monoisotopic (exact) mass is 312 g/mol. The van der Waals surface area contributed by atoms with Crippen molar-refractivity contribution in [3.05, 3.63) is 0 Å². The minimum Gasteiger partial charge on any atom is -0.466 e. The molecular weight excluding hydrogens is 280 g/mol. The van der Waals surface area contributed by atoms with Crippen molar-refractivity contribution in [2.24, 2.45) is 0 Å². The molecule has 0 bridgehead atoms. The molecule has 0 aromatic carbocycles. The molecule has 0 aromatic heterocycles. The van der Waals surface area contributed by atoms with Gasteiger partial charge in [0.25, 0.3) is 0 Å². The Morgan fingerprint density at radius 2 is 0.773 bits per heavy atom. The van der Waals surface area contributed by atoms with Gasteiger partial charge in [-0.15, -0.1) is 0 Å². The summed E-state index contributed by atoms with van der Waals surface area (Å²) in [4.78, 5) is 23.0. The van der Waals surface area contributed by atoms with Gasteiger partial charge in [-0.25, -0.2) is 0 Å². The topological polar surface area (TPSA) is 52.6 Å². The van der Waals surface area contributed by atoms with Gasteiger partial charge in [0.15, 0.2) is 0 Å². The molecule has 4 nitrogen and oxygen atoms in total. The fourth-order valence-corrected chi connectivity index (χ4v) is 2.67. The van der Waals surface area contributed by atoms with Gasteiger partial charge in [-0.2, -0.15) is 0 Å². The fraction of sp³-hybridized carbons (Fsp3) is 0.889. The average Bonchev–Trinajstić information content (AvgIpc) is 2.50. The van der Waals surface area contributed by atoms with Crippen LogP contribution in [0.5, 0.6) is 0 Å². The highest BCUT2D eigenvalue weighted by Crippen LogP contribution is 2.12. The molecule has 1 fully saturated rings. The van der Waals surface area contributed by atoms with Crippen molar-refractivity contribution in [3.63, 3.8) is 0 Å². The first-order valence-electron chi connectivity index (χ1n) is 9.10.